The third-order valence-electron chi connectivity index (χ3n) is 3.96. The van der Waals surface area contributed by atoms with Crippen LogP contribution in [0.4, 0.5) is 11.6 Å². The summed E-state index contributed by atoms with van der Waals surface area (Å²) in [6, 6.07) is 22.9. The second kappa shape index (κ2) is 8.83. The Balaban J connectivity index is 1.51. The van der Waals surface area contributed by atoms with Gasteiger partial charge < -0.3 is 10.6 Å². The van der Waals surface area contributed by atoms with Gasteiger partial charge in [0.15, 0.2) is 0 Å². The summed E-state index contributed by atoms with van der Waals surface area (Å²) < 4.78 is 0. The van der Waals surface area contributed by atoms with E-state index in [2.05, 4.69) is 69.1 Å². The average Bonchev–Trinajstić information content (AvgIpc) is 2.63. The minimum atomic E-state index is 0.770. The quantitative estimate of drug-likeness (QED) is 0.652. The molecule has 4 heteroatoms. The predicted octanol–water partition coefficient (Wildman–Crippen LogP) is 4.09. The van der Waals surface area contributed by atoms with Gasteiger partial charge >= 0.3 is 0 Å². The van der Waals surface area contributed by atoms with Gasteiger partial charge in [-0.1, -0.05) is 60.7 Å². The molecule has 0 aliphatic heterocycles. The number of nitrogens with zero attached hydrogens (tertiary/aromatic N) is 2. The molecule has 3 rings (SSSR count). The summed E-state index contributed by atoms with van der Waals surface area (Å²) in [5.74, 6) is 2.50. The summed E-state index contributed by atoms with van der Waals surface area (Å²) in [7, 11) is 0. The molecule has 25 heavy (non-hydrogen) atoms. The lowest BCUT2D eigenvalue weighted by molar-refractivity contribution is 0.963. The van der Waals surface area contributed by atoms with E-state index in [0.717, 1.165) is 43.4 Å². The van der Waals surface area contributed by atoms with Crippen LogP contribution in [0.2, 0.25) is 0 Å². The van der Waals surface area contributed by atoms with Crippen molar-refractivity contribution in [3.63, 3.8) is 0 Å². The monoisotopic (exact) mass is 332 g/mol. The number of anilines is 2. The molecule has 0 atom stereocenters. The molecule has 3 aromatic rings. The van der Waals surface area contributed by atoms with Gasteiger partial charge in [0.25, 0.3) is 0 Å². The van der Waals surface area contributed by atoms with E-state index in [0.29, 0.717) is 0 Å². The molecule has 1 aromatic heterocycles. The second-order valence-corrected chi connectivity index (χ2v) is 6.01. The molecule has 2 N–H and O–H groups in total. The highest BCUT2D eigenvalue weighted by Crippen LogP contribution is 2.12. The Hall–Kier alpha value is -2.88. The molecule has 128 valence electrons. The first-order chi connectivity index (χ1) is 12.3. The number of rotatable bonds is 8. The summed E-state index contributed by atoms with van der Waals surface area (Å²) in [5, 5.41) is 6.78. The fourth-order valence-corrected chi connectivity index (χ4v) is 2.71. The molecule has 0 spiro atoms. The van der Waals surface area contributed by atoms with Gasteiger partial charge in [0.2, 0.25) is 0 Å². The molecule has 0 saturated carbocycles. The van der Waals surface area contributed by atoms with Crippen LogP contribution in [0.1, 0.15) is 17.0 Å². The Bertz CT molecular complexity index is 709. The van der Waals surface area contributed by atoms with Crippen molar-refractivity contribution in [2.75, 3.05) is 23.7 Å². The Morgan fingerprint density at radius 3 is 1.56 bits per heavy atom. The van der Waals surface area contributed by atoms with Gasteiger partial charge in [-0.2, -0.15) is 0 Å². The van der Waals surface area contributed by atoms with Gasteiger partial charge in [-0.3, -0.25) is 0 Å². The zero-order chi connectivity index (χ0) is 17.3. The molecular formula is C21H24N4. The molecule has 0 aliphatic carbocycles. The topological polar surface area (TPSA) is 49.8 Å². The minimum Gasteiger partial charge on any atom is -0.370 e. The van der Waals surface area contributed by atoms with E-state index in [1.165, 1.54) is 11.1 Å². The summed E-state index contributed by atoms with van der Waals surface area (Å²) in [4.78, 5) is 8.94. The van der Waals surface area contributed by atoms with E-state index in [4.69, 9.17) is 0 Å². The largest absolute Gasteiger partial charge is 0.370 e. The van der Waals surface area contributed by atoms with Crippen LogP contribution in [0.3, 0.4) is 0 Å². The molecule has 0 radical (unpaired) electrons. The van der Waals surface area contributed by atoms with Crippen molar-refractivity contribution >= 4 is 11.6 Å². The summed E-state index contributed by atoms with van der Waals surface area (Å²) in [5.41, 5.74) is 2.64. The van der Waals surface area contributed by atoms with Crippen molar-refractivity contribution in [2.45, 2.75) is 19.8 Å². The molecule has 0 aliphatic rings. The van der Waals surface area contributed by atoms with Crippen molar-refractivity contribution in [3.05, 3.63) is 83.7 Å². The molecule has 0 bridgehead atoms. The van der Waals surface area contributed by atoms with Crippen LogP contribution >= 0.6 is 0 Å². The second-order valence-electron chi connectivity index (χ2n) is 6.01. The molecule has 4 nitrogen and oxygen atoms in total. The number of hydrogen-bond acceptors (Lipinski definition) is 4. The first kappa shape index (κ1) is 17.0. The fraction of sp³-hybridized carbons (Fsp3) is 0.238. The van der Waals surface area contributed by atoms with E-state index >= 15 is 0 Å². The van der Waals surface area contributed by atoms with Gasteiger partial charge in [-0.15, -0.1) is 0 Å². The van der Waals surface area contributed by atoms with Crippen LogP contribution < -0.4 is 10.6 Å². The zero-order valence-corrected chi connectivity index (χ0v) is 14.6. The first-order valence-corrected chi connectivity index (χ1v) is 8.71. The van der Waals surface area contributed by atoms with Crippen molar-refractivity contribution < 1.29 is 0 Å². The van der Waals surface area contributed by atoms with Crippen LogP contribution in [-0.2, 0) is 12.8 Å². The lowest BCUT2D eigenvalue weighted by Crippen LogP contribution is -2.11. The Morgan fingerprint density at radius 2 is 1.12 bits per heavy atom. The smallest absolute Gasteiger partial charge is 0.131 e. The maximum atomic E-state index is 4.47. The first-order valence-electron chi connectivity index (χ1n) is 8.71. The summed E-state index contributed by atoms with van der Waals surface area (Å²) in [6.07, 6.45) is 1.95. The van der Waals surface area contributed by atoms with Crippen molar-refractivity contribution in [1.29, 1.82) is 0 Å². The molecule has 2 aromatic carbocycles. The maximum Gasteiger partial charge on any atom is 0.131 e. The van der Waals surface area contributed by atoms with E-state index in [-0.39, 0.29) is 0 Å². The molecule has 0 unspecified atom stereocenters. The average molecular weight is 332 g/mol. The van der Waals surface area contributed by atoms with Crippen LogP contribution in [0.25, 0.3) is 0 Å². The van der Waals surface area contributed by atoms with Gasteiger partial charge in [-0.05, 0) is 30.9 Å². The zero-order valence-electron chi connectivity index (χ0n) is 14.6. The maximum absolute atomic E-state index is 4.47. The van der Waals surface area contributed by atoms with Crippen molar-refractivity contribution in [3.8, 4) is 0 Å². The van der Waals surface area contributed by atoms with Gasteiger partial charge in [0.05, 0.1) is 0 Å². The molecule has 1 heterocycles. The lowest BCUT2D eigenvalue weighted by atomic mass is 10.1. The third-order valence-corrected chi connectivity index (χ3v) is 3.96. The standard InChI is InChI=1S/C21H24N4/c1-17-24-20(22-14-12-18-8-4-2-5-9-18)16-21(25-17)23-15-13-19-10-6-3-7-11-19/h2-11,16H,12-15H2,1H3,(H2,22,23,24,25). The fourth-order valence-electron chi connectivity index (χ4n) is 2.71. The molecular weight excluding hydrogens is 308 g/mol. The van der Waals surface area contributed by atoms with E-state index in [1.807, 2.05) is 25.1 Å². The van der Waals surface area contributed by atoms with Gasteiger partial charge in [0.1, 0.15) is 17.5 Å². The van der Waals surface area contributed by atoms with E-state index in [9.17, 15) is 0 Å². The van der Waals surface area contributed by atoms with E-state index in [1.54, 1.807) is 0 Å². The number of nitrogens with one attached hydrogen (secondary N) is 2. The van der Waals surface area contributed by atoms with Gasteiger partial charge in [-0.25, -0.2) is 9.97 Å². The van der Waals surface area contributed by atoms with Gasteiger partial charge in [0, 0.05) is 19.2 Å². The SMILES string of the molecule is Cc1nc(NCCc2ccccc2)cc(NCCc2ccccc2)n1. The van der Waals surface area contributed by atoms with Crippen LogP contribution in [0.5, 0.6) is 0 Å². The number of aromatic nitrogens is 2. The number of hydrogen-bond donors (Lipinski definition) is 2. The summed E-state index contributed by atoms with van der Waals surface area (Å²) >= 11 is 0. The summed E-state index contributed by atoms with van der Waals surface area (Å²) in [6.45, 7) is 3.62. The Labute approximate surface area is 149 Å². The highest BCUT2D eigenvalue weighted by atomic mass is 15.1. The van der Waals surface area contributed by atoms with Crippen LogP contribution in [-0.4, -0.2) is 23.1 Å². The highest BCUT2D eigenvalue weighted by Gasteiger charge is 2.02. The third kappa shape index (κ3) is 5.60. The van der Waals surface area contributed by atoms with Crippen LogP contribution in [0.15, 0.2) is 66.7 Å². The lowest BCUT2D eigenvalue weighted by Gasteiger charge is -2.10. The Morgan fingerprint density at radius 1 is 0.680 bits per heavy atom. The molecule has 0 fully saturated rings. The Kier molecular flexibility index (Phi) is 5.99. The minimum absolute atomic E-state index is 0.770. The van der Waals surface area contributed by atoms with Crippen LogP contribution in [0, 0.1) is 6.92 Å². The molecule has 0 saturated heterocycles. The molecule has 0 amide bonds. The van der Waals surface area contributed by atoms with Crippen molar-refractivity contribution in [2.24, 2.45) is 0 Å². The number of aryl methyl sites for hydroxylation is 1. The highest BCUT2D eigenvalue weighted by molar-refractivity contribution is 5.47. The predicted molar refractivity (Wildman–Crippen MR) is 104 cm³/mol. The van der Waals surface area contributed by atoms with Crippen molar-refractivity contribution in [1.82, 2.24) is 9.97 Å². The normalized spacial score (nSPS) is 10.4. The number of benzene rings is 2. The van der Waals surface area contributed by atoms with E-state index < -0.39 is 0 Å².